The molecule has 2 aliphatic heterocycles. The highest BCUT2D eigenvalue weighted by Crippen LogP contribution is 2.46. The Kier molecular flexibility index (Phi) is 9.86. The maximum Gasteiger partial charge on any atom is 0.330 e. The fourth-order valence-corrected chi connectivity index (χ4v) is 8.20. The Bertz CT molecular complexity index is 2270. The Balaban J connectivity index is 1.14. The van der Waals surface area contributed by atoms with Crippen molar-refractivity contribution in [1.82, 2.24) is 40.5 Å². The number of hydrogen-bond acceptors (Lipinski definition) is 10. The number of allylic oxidation sites excluding steroid dienone is 1. The number of carbonyl (C=O) groups excluding carboxylic acids is 3. The van der Waals surface area contributed by atoms with Crippen LogP contribution in [0.1, 0.15) is 61.5 Å². The van der Waals surface area contributed by atoms with Crippen molar-refractivity contribution in [3.8, 4) is 27.7 Å². The van der Waals surface area contributed by atoms with E-state index in [1.54, 1.807) is 19.4 Å². The fraction of sp³-hybridized carbons (Fsp3) is 0.350. The van der Waals surface area contributed by atoms with Crippen LogP contribution in [0.3, 0.4) is 0 Å². The smallest absolute Gasteiger partial charge is 0.330 e. The van der Waals surface area contributed by atoms with Crippen LogP contribution in [0.25, 0.3) is 32.9 Å². The number of carboxylic acid groups (broad SMARTS) is 1. The molecule has 5 heterocycles. The Morgan fingerprint density at radius 1 is 1.02 bits per heavy atom. The highest BCUT2D eigenvalue weighted by Gasteiger charge is 2.61. The first-order chi connectivity index (χ1) is 26.7. The molecule has 0 radical (unpaired) electrons. The molecule has 8 rings (SSSR count). The summed E-state index contributed by atoms with van der Waals surface area (Å²) in [5, 5.41) is 29.2. The molecule has 0 unspecified atom stereocenters. The lowest BCUT2D eigenvalue weighted by atomic mass is 10.0. The molecule has 3 N–H and O–H groups in total. The molecule has 55 heavy (non-hydrogen) atoms. The molecular formula is C40H40N8O6S. The monoisotopic (exact) mass is 760 g/mol. The van der Waals surface area contributed by atoms with Gasteiger partial charge in [-0.1, -0.05) is 49.3 Å². The maximum atomic E-state index is 14.7. The molecule has 3 amide bonds. The number of pyridine rings is 1. The summed E-state index contributed by atoms with van der Waals surface area (Å²) in [5.41, 5.74) is 1.26. The van der Waals surface area contributed by atoms with E-state index in [-0.39, 0.29) is 31.0 Å². The zero-order valence-electron chi connectivity index (χ0n) is 30.1. The van der Waals surface area contributed by atoms with E-state index in [2.05, 4.69) is 20.6 Å². The summed E-state index contributed by atoms with van der Waals surface area (Å²) in [6.07, 6.45) is 9.26. The molecule has 3 aliphatic rings. The molecule has 0 bridgehead atoms. The second-order valence-corrected chi connectivity index (χ2v) is 15.1. The van der Waals surface area contributed by atoms with Crippen molar-refractivity contribution in [3.63, 3.8) is 0 Å². The number of aliphatic carboxylic acids is 1. The lowest BCUT2D eigenvalue weighted by molar-refractivity contribution is -0.145. The zero-order valence-corrected chi connectivity index (χ0v) is 30.9. The molecule has 2 fully saturated rings. The van der Waals surface area contributed by atoms with Gasteiger partial charge >= 0.3 is 5.97 Å². The van der Waals surface area contributed by atoms with E-state index in [0.29, 0.717) is 40.5 Å². The van der Waals surface area contributed by atoms with Gasteiger partial charge in [0.25, 0.3) is 5.91 Å². The van der Waals surface area contributed by atoms with Crippen LogP contribution in [0.5, 0.6) is 5.75 Å². The second kappa shape index (κ2) is 15.1. The summed E-state index contributed by atoms with van der Waals surface area (Å²) in [4.78, 5) is 67.3. The molecule has 15 heteroatoms. The van der Waals surface area contributed by atoms with Crippen LogP contribution in [0.15, 0.2) is 84.4 Å². The van der Waals surface area contributed by atoms with Gasteiger partial charge in [0.05, 0.1) is 18.7 Å². The summed E-state index contributed by atoms with van der Waals surface area (Å²) in [6.45, 7) is 0.0506. The number of amides is 3. The Morgan fingerprint density at radius 2 is 1.84 bits per heavy atom. The molecule has 1 saturated carbocycles. The normalized spacial score (nSPS) is 24.3. The first-order valence-corrected chi connectivity index (χ1v) is 19.3. The Morgan fingerprint density at radius 3 is 2.62 bits per heavy atom. The minimum atomic E-state index is -1.46. The minimum Gasteiger partial charge on any atom is -0.497 e. The van der Waals surface area contributed by atoms with E-state index in [9.17, 15) is 24.3 Å². The molecule has 5 aromatic rings. The van der Waals surface area contributed by atoms with E-state index < -0.39 is 47.4 Å². The van der Waals surface area contributed by atoms with Crippen molar-refractivity contribution in [1.29, 1.82) is 0 Å². The Labute approximate surface area is 320 Å². The first kappa shape index (κ1) is 36.0. The van der Waals surface area contributed by atoms with Crippen molar-refractivity contribution in [2.24, 2.45) is 5.92 Å². The van der Waals surface area contributed by atoms with Gasteiger partial charge in [0.2, 0.25) is 11.8 Å². The molecule has 14 nitrogen and oxygen atoms in total. The summed E-state index contributed by atoms with van der Waals surface area (Å²) in [5.74, 6) is -2.31. The minimum absolute atomic E-state index is 0.0506. The predicted molar refractivity (Wildman–Crippen MR) is 204 cm³/mol. The standard InChI is InChI=1S/C40H40N8O6S/c1-54-28-16-13-25(14-17-28)33-34(37-41-19-20-55-37)46-48(45-33)27-21-32-36(50)44-40(39(52)53)22-26(40)10-5-3-2-4-6-12-31(38(51)47(32)23-27)43-35(49)30-18-15-24-9-7-8-11-29(24)42-30/h5,7-11,13-20,26-27,31-32H,2-4,6,12,21-23H2,1H3,(H,43,49)(H,44,50)(H,52,53)/t26-,27+,31-,32+,40+/m1/s1. The van der Waals surface area contributed by atoms with E-state index in [0.717, 1.165) is 30.2 Å². The topological polar surface area (TPSA) is 182 Å². The summed E-state index contributed by atoms with van der Waals surface area (Å²) >= 11 is 1.41. The number of carbonyl (C=O) groups is 4. The van der Waals surface area contributed by atoms with Gasteiger partial charge in [0.1, 0.15) is 45.5 Å². The van der Waals surface area contributed by atoms with Gasteiger partial charge in [-0.3, -0.25) is 14.4 Å². The van der Waals surface area contributed by atoms with Gasteiger partial charge in [-0.25, -0.2) is 14.8 Å². The van der Waals surface area contributed by atoms with Crippen molar-refractivity contribution < 1.29 is 29.0 Å². The quantitative estimate of drug-likeness (QED) is 0.190. The highest BCUT2D eigenvalue weighted by molar-refractivity contribution is 7.13. The molecule has 282 valence electrons. The summed E-state index contributed by atoms with van der Waals surface area (Å²) < 4.78 is 5.35. The third kappa shape index (κ3) is 7.19. The summed E-state index contributed by atoms with van der Waals surface area (Å²) in [7, 11) is 1.59. The average molecular weight is 761 g/mol. The van der Waals surface area contributed by atoms with E-state index in [1.807, 2.05) is 72.1 Å². The molecule has 0 spiro atoms. The molecule has 3 aromatic heterocycles. The van der Waals surface area contributed by atoms with Gasteiger partial charge in [-0.15, -0.1) is 16.4 Å². The van der Waals surface area contributed by atoms with Gasteiger partial charge in [-0.2, -0.15) is 9.90 Å². The van der Waals surface area contributed by atoms with Crippen molar-refractivity contribution in [2.45, 2.75) is 68.6 Å². The maximum absolute atomic E-state index is 14.7. The third-order valence-electron chi connectivity index (χ3n) is 10.7. The number of nitrogens with one attached hydrogen (secondary N) is 2. The molecule has 1 aliphatic carbocycles. The number of thiazole rings is 1. The number of carboxylic acids is 1. The SMILES string of the molecule is COc1ccc(-c2nn([C@H]3C[C@H]4C(=O)N[C@@]5(C(=O)O)C[C@H]5C=CCCCCC[C@@H](NC(=O)c5ccc6ccccc6n5)C(=O)N4C3)nc2-c2nccs2)cc1. The second-order valence-electron chi connectivity index (χ2n) is 14.2. The number of para-hydroxylation sites is 1. The Hall–Kier alpha value is -5.96. The van der Waals surface area contributed by atoms with E-state index in [4.69, 9.17) is 14.9 Å². The number of rotatable bonds is 7. The zero-order chi connectivity index (χ0) is 38.1. The van der Waals surface area contributed by atoms with Crippen LogP contribution in [0, 0.1) is 5.92 Å². The largest absolute Gasteiger partial charge is 0.497 e. The summed E-state index contributed by atoms with van der Waals surface area (Å²) in [6, 6.07) is 15.7. The molecule has 2 aromatic carbocycles. The lowest BCUT2D eigenvalue weighted by Crippen LogP contribution is -2.56. The van der Waals surface area contributed by atoms with Crippen LogP contribution < -0.4 is 15.4 Å². The van der Waals surface area contributed by atoms with Crippen molar-refractivity contribution in [2.75, 3.05) is 13.7 Å². The number of methoxy groups -OCH3 is 1. The number of ether oxygens (including phenoxy) is 1. The molecule has 5 atom stereocenters. The van der Waals surface area contributed by atoms with Crippen LogP contribution in [0.4, 0.5) is 0 Å². The molecular weight excluding hydrogens is 721 g/mol. The van der Waals surface area contributed by atoms with Crippen molar-refractivity contribution in [3.05, 3.63) is 90.1 Å². The van der Waals surface area contributed by atoms with Gasteiger partial charge in [-0.05, 0) is 62.1 Å². The van der Waals surface area contributed by atoms with E-state index in [1.165, 1.54) is 21.0 Å². The van der Waals surface area contributed by atoms with Crippen LogP contribution in [-0.2, 0) is 14.4 Å². The van der Waals surface area contributed by atoms with Gasteiger partial charge < -0.3 is 25.4 Å². The van der Waals surface area contributed by atoms with Crippen LogP contribution in [-0.4, -0.2) is 89.9 Å². The third-order valence-corrected chi connectivity index (χ3v) is 11.5. The highest BCUT2D eigenvalue weighted by atomic mass is 32.1. The van der Waals surface area contributed by atoms with Gasteiger partial charge in [0, 0.05) is 41.4 Å². The fourth-order valence-electron chi connectivity index (χ4n) is 7.58. The number of nitrogens with zero attached hydrogens (tertiary/aromatic N) is 6. The number of fused-ring (bicyclic) bond motifs is 3. The van der Waals surface area contributed by atoms with Crippen LogP contribution in [0.2, 0.25) is 0 Å². The number of benzene rings is 2. The van der Waals surface area contributed by atoms with Gasteiger partial charge in [0.15, 0.2) is 0 Å². The molecule has 1 saturated heterocycles. The first-order valence-electron chi connectivity index (χ1n) is 18.4. The van der Waals surface area contributed by atoms with E-state index >= 15 is 0 Å². The van der Waals surface area contributed by atoms with Crippen molar-refractivity contribution >= 4 is 45.9 Å². The predicted octanol–water partition coefficient (Wildman–Crippen LogP) is 5.05. The lowest BCUT2D eigenvalue weighted by Gasteiger charge is -2.29. The number of aromatic nitrogens is 5. The average Bonchev–Trinajstić information content (AvgIpc) is 3.66. The van der Waals surface area contributed by atoms with Crippen LogP contribution >= 0.6 is 11.3 Å². The number of hydrogen-bond donors (Lipinski definition) is 3.